The van der Waals surface area contributed by atoms with Gasteiger partial charge in [0.1, 0.15) is 0 Å². The average Bonchev–Trinajstić information content (AvgIpc) is 2.15. The summed E-state index contributed by atoms with van der Waals surface area (Å²) in [6.45, 7) is 0. The molecule has 0 spiro atoms. The van der Waals surface area contributed by atoms with E-state index in [0.717, 1.165) is 4.88 Å². The Bertz CT molecular complexity index is 196. The van der Waals surface area contributed by atoms with Crippen molar-refractivity contribution in [2.45, 2.75) is 6.42 Å². The maximum absolute atomic E-state index is 9.96. The van der Waals surface area contributed by atoms with Gasteiger partial charge in [0.25, 0.3) is 0 Å². The van der Waals surface area contributed by atoms with E-state index in [-0.39, 0.29) is 36.0 Å². The van der Waals surface area contributed by atoms with Crippen LogP contribution in [0, 0.1) is 0 Å². The predicted octanol–water partition coefficient (Wildman–Crippen LogP) is -2.96. The molecular formula is C6H5NaO2S. The first kappa shape index (κ1) is 10.2. The van der Waals surface area contributed by atoms with Crippen molar-refractivity contribution in [3.63, 3.8) is 0 Å². The number of thiophene rings is 1. The standard InChI is InChI=1S/C6H6O2S.Na/c7-6(8)4-5-2-1-3-9-5;/h1-3H,4H2,(H,7,8);/q;+1/p-1. The Hall–Kier alpha value is 0.170. The quantitative estimate of drug-likeness (QED) is 0.438. The number of rotatable bonds is 2. The predicted molar refractivity (Wildman–Crippen MR) is 33.0 cm³/mol. The third-order valence-electron chi connectivity index (χ3n) is 0.899. The molecule has 2 nitrogen and oxygen atoms in total. The van der Waals surface area contributed by atoms with Crippen LogP contribution in [0.25, 0.3) is 0 Å². The van der Waals surface area contributed by atoms with E-state index < -0.39 is 5.97 Å². The molecule has 0 aliphatic rings. The van der Waals surface area contributed by atoms with Gasteiger partial charge in [-0.25, -0.2) is 0 Å². The molecule has 0 N–H and O–H groups in total. The average molecular weight is 164 g/mol. The molecule has 0 radical (unpaired) electrons. The Morgan fingerprint density at radius 1 is 1.70 bits per heavy atom. The van der Waals surface area contributed by atoms with Crippen molar-refractivity contribution in [3.8, 4) is 0 Å². The molecule has 1 aromatic heterocycles. The Morgan fingerprint density at radius 2 is 2.40 bits per heavy atom. The molecule has 0 saturated heterocycles. The minimum Gasteiger partial charge on any atom is -0.550 e. The summed E-state index contributed by atoms with van der Waals surface area (Å²) in [6.07, 6.45) is 0.0394. The fourth-order valence-electron chi connectivity index (χ4n) is 0.555. The summed E-state index contributed by atoms with van der Waals surface area (Å²) >= 11 is 1.43. The van der Waals surface area contributed by atoms with Gasteiger partial charge < -0.3 is 9.90 Å². The van der Waals surface area contributed by atoms with Crippen LogP contribution in [0.4, 0.5) is 0 Å². The van der Waals surface area contributed by atoms with Crippen LogP contribution in [-0.2, 0) is 11.2 Å². The summed E-state index contributed by atoms with van der Waals surface area (Å²) in [7, 11) is 0. The van der Waals surface area contributed by atoms with Crippen molar-refractivity contribution in [2.75, 3.05) is 0 Å². The summed E-state index contributed by atoms with van der Waals surface area (Å²) < 4.78 is 0. The van der Waals surface area contributed by atoms with Crippen molar-refractivity contribution in [1.29, 1.82) is 0 Å². The van der Waals surface area contributed by atoms with Gasteiger partial charge in [-0.15, -0.1) is 11.3 Å². The molecule has 1 rings (SSSR count). The monoisotopic (exact) mass is 164 g/mol. The van der Waals surface area contributed by atoms with Gasteiger partial charge in [-0.05, 0) is 11.4 Å². The third kappa shape index (κ3) is 3.37. The molecule has 0 aliphatic carbocycles. The van der Waals surface area contributed by atoms with Crippen LogP contribution in [-0.4, -0.2) is 5.97 Å². The molecule has 10 heavy (non-hydrogen) atoms. The first-order chi connectivity index (χ1) is 4.29. The molecule has 1 aromatic rings. The number of carbonyl (C=O) groups excluding carboxylic acids is 1. The summed E-state index contributed by atoms with van der Waals surface area (Å²) in [5, 5.41) is 11.8. The summed E-state index contributed by atoms with van der Waals surface area (Å²) in [4.78, 5) is 10.8. The van der Waals surface area contributed by atoms with Gasteiger partial charge >= 0.3 is 29.6 Å². The first-order valence-corrected chi connectivity index (χ1v) is 3.39. The molecule has 0 amide bonds. The van der Waals surface area contributed by atoms with Gasteiger partial charge in [-0.3, -0.25) is 0 Å². The van der Waals surface area contributed by atoms with Crippen molar-refractivity contribution in [2.24, 2.45) is 0 Å². The minimum atomic E-state index is -1.02. The molecule has 0 aromatic carbocycles. The molecule has 1 heterocycles. The molecule has 4 heteroatoms. The zero-order chi connectivity index (χ0) is 6.69. The normalized spacial score (nSPS) is 8.40. The van der Waals surface area contributed by atoms with E-state index in [1.54, 1.807) is 6.07 Å². The van der Waals surface area contributed by atoms with Gasteiger partial charge in [0, 0.05) is 17.3 Å². The van der Waals surface area contributed by atoms with Crippen molar-refractivity contribution in [1.82, 2.24) is 0 Å². The molecule has 0 unspecified atom stereocenters. The number of hydrogen-bond donors (Lipinski definition) is 0. The molecule has 48 valence electrons. The Labute approximate surface area is 85.2 Å². The molecule has 0 aliphatic heterocycles. The Kier molecular flexibility index (Phi) is 4.99. The number of aliphatic carboxylic acids is 1. The molecular weight excluding hydrogens is 159 g/mol. The smallest absolute Gasteiger partial charge is 0.550 e. The second-order valence-electron chi connectivity index (χ2n) is 1.63. The van der Waals surface area contributed by atoms with E-state index >= 15 is 0 Å². The van der Waals surface area contributed by atoms with E-state index in [2.05, 4.69) is 0 Å². The van der Waals surface area contributed by atoms with Crippen LogP contribution >= 0.6 is 11.3 Å². The maximum atomic E-state index is 9.96. The van der Waals surface area contributed by atoms with Gasteiger partial charge in [0.2, 0.25) is 0 Å². The van der Waals surface area contributed by atoms with Gasteiger partial charge in [-0.1, -0.05) is 6.07 Å². The number of hydrogen-bond acceptors (Lipinski definition) is 3. The second kappa shape index (κ2) is 4.91. The van der Waals surface area contributed by atoms with Gasteiger partial charge in [0.15, 0.2) is 0 Å². The second-order valence-corrected chi connectivity index (χ2v) is 2.66. The zero-order valence-corrected chi connectivity index (χ0v) is 8.48. The van der Waals surface area contributed by atoms with Gasteiger partial charge in [-0.2, -0.15) is 0 Å². The van der Waals surface area contributed by atoms with E-state index in [1.165, 1.54) is 11.3 Å². The van der Waals surface area contributed by atoms with Crippen molar-refractivity contribution >= 4 is 17.3 Å². The van der Waals surface area contributed by atoms with E-state index in [1.807, 2.05) is 11.4 Å². The minimum absolute atomic E-state index is 0. The van der Waals surface area contributed by atoms with E-state index in [0.29, 0.717) is 0 Å². The van der Waals surface area contributed by atoms with Crippen molar-refractivity contribution in [3.05, 3.63) is 22.4 Å². The molecule has 0 fully saturated rings. The van der Waals surface area contributed by atoms with Crippen LogP contribution in [0.5, 0.6) is 0 Å². The largest absolute Gasteiger partial charge is 1.00 e. The molecule has 0 saturated carbocycles. The van der Waals surface area contributed by atoms with Crippen LogP contribution in [0.15, 0.2) is 17.5 Å². The number of carboxylic acid groups (broad SMARTS) is 1. The van der Waals surface area contributed by atoms with E-state index in [4.69, 9.17) is 0 Å². The Balaban J connectivity index is 0.000000810. The fraction of sp³-hybridized carbons (Fsp3) is 0.167. The summed E-state index contributed by atoms with van der Waals surface area (Å²) in [5.74, 6) is -1.02. The maximum Gasteiger partial charge on any atom is 1.00 e. The topological polar surface area (TPSA) is 40.1 Å². The number of carbonyl (C=O) groups is 1. The molecule has 0 bridgehead atoms. The summed E-state index contributed by atoms with van der Waals surface area (Å²) in [5.41, 5.74) is 0. The Morgan fingerprint density at radius 3 is 2.80 bits per heavy atom. The van der Waals surface area contributed by atoms with E-state index in [9.17, 15) is 9.90 Å². The fourth-order valence-corrected chi connectivity index (χ4v) is 1.25. The third-order valence-corrected chi connectivity index (χ3v) is 1.78. The first-order valence-electron chi connectivity index (χ1n) is 2.51. The molecule has 0 atom stereocenters. The summed E-state index contributed by atoms with van der Waals surface area (Å²) in [6, 6.07) is 3.60. The SMILES string of the molecule is O=C([O-])Cc1cccs1.[Na+]. The van der Waals surface area contributed by atoms with Crippen LogP contribution in [0.3, 0.4) is 0 Å². The van der Waals surface area contributed by atoms with Crippen LogP contribution < -0.4 is 34.7 Å². The van der Waals surface area contributed by atoms with Crippen LogP contribution in [0.2, 0.25) is 0 Å². The number of carboxylic acids is 1. The van der Waals surface area contributed by atoms with Gasteiger partial charge in [0.05, 0.1) is 0 Å². The van der Waals surface area contributed by atoms with Crippen LogP contribution in [0.1, 0.15) is 4.88 Å². The zero-order valence-electron chi connectivity index (χ0n) is 5.66. The van der Waals surface area contributed by atoms with Crippen molar-refractivity contribution < 1.29 is 39.5 Å².